The molecule has 0 unspecified atom stereocenters. The first-order valence-corrected chi connectivity index (χ1v) is 4.05. The Hall–Kier alpha value is -0.762. The Morgan fingerprint density at radius 2 is 1.90 bits per heavy atom. The molecule has 0 saturated heterocycles. The van der Waals surface area contributed by atoms with Crippen LogP contribution in [0.2, 0.25) is 0 Å². The standard InChI is InChI=1S/C5H4O2.2O.Pt/c6-5-3-1-2-4-7-5;;;/h1-4H;;;. The molecule has 0 fully saturated rings. The van der Waals surface area contributed by atoms with Crippen molar-refractivity contribution in [2.24, 2.45) is 0 Å². The van der Waals surface area contributed by atoms with Crippen molar-refractivity contribution in [3.05, 3.63) is 34.9 Å². The molecule has 0 saturated carbocycles. The third kappa shape index (κ3) is 5.38. The average molecular weight is 323 g/mol. The second kappa shape index (κ2) is 6.36. The first-order chi connectivity index (χ1) is 4.81. The summed E-state index contributed by atoms with van der Waals surface area (Å²) >= 11 is -1.92. The second-order valence-electron chi connectivity index (χ2n) is 1.18. The molecule has 0 atom stereocenters. The van der Waals surface area contributed by atoms with Crippen LogP contribution in [0.5, 0.6) is 0 Å². The second-order valence-corrected chi connectivity index (χ2v) is 1.56. The SMILES string of the molecule is O=c1cccco1.[O]=[Pt]=[O]. The van der Waals surface area contributed by atoms with Gasteiger partial charge in [-0.05, 0) is 6.07 Å². The monoisotopic (exact) mass is 323 g/mol. The fraction of sp³-hybridized carbons (Fsp3) is 0. The van der Waals surface area contributed by atoms with Crippen LogP contribution >= 0.6 is 0 Å². The van der Waals surface area contributed by atoms with Gasteiger partial charge in [0.15, 0.2) is 0 Å². The van der Waals surface area contributed by atoms with Gasteiger partial charge in [-0.15, -0.1) is 0 Å². The minimum absolute atomic E-state index is 0.303. The van der Waals surface area contributed by atoms with E-state index in [4.69, 9.17) is 6.80 Å². The Kier molecular flexibility index (Phi) is 5.88. The van der Waals surface area contributed by atoms with E-state index >= 15 is 0 Å². The van der Waals surface area contributed by atoms with Gasteiger partial charge in [0.25, 0.3) is 0 Å². The average Bonchev–Trinajstić information content (AvgIpc) is 1.91. The molecule has 0 aliphatic rings. The predicted octanol–water partition coefficient (Wildman–Crippen LogP) is 0.400. The molecule has 1 aromatic rings. The van der Waals surface area contributed by atoms with E-state index in [1.54, 1.807) is 12.1 Å². The Morgan fingerprint density at radius 1 is 1.30 bits per heavy atom. The van der Waals surface area contributed by atoms with Crippen molar-refractivity contribution in [2.75, 3.05) is 0 Å². The summed E-state index contributed by atoms with van der Waals surface area (Å²) in [6.07, 6.45) is 1.35. The summed E-state index contributed by atoms with van der Waals surface area (Å²) in [4.78, 5) is 10.1. The van der Waals surface area contributed by atoms with Crippen molar-refractivity contribution in [1.29, 1.82) is 0 Å². The van der Waals surface area contributed by atoms with Crippen molar-refractivity contribution in [2.45, 2.75) is 0 Å². The van der Waals surface area contributed by atoms with Crippen LogP contribution in [0.3, 0.4) is 0 Å². The third-order valence-corrected chi connectivity index (χ3v) is 0.606. The van der Waals surface area contributed by atoms with Gasteiger partial charge in [0.2, 0.25) is 0 Å². The maximum absolute atomic E-state index is 10.1. The molecule has 0 bridgehead atoms. The van der Waals surface area contributed by atoms with Crippen molar-refractivity contribution < 1.29 is 29.7 Å². The molecule has 5 heteroatoms. The predicted molar refractivity (Wildman–Crippen MR) is 26.4 cm³/mol. The topological polar surface area (TPSA) is 64.3 Å². The zero-order valence-corrected chi connectivity index (χ0v) is 7.03. The summed E-state index contributed by atoms with van der Waals surface area (Å²) in [6.45, 7) is 0. The Morgan fingerprint density at radius 3 is 2.10 bits per heavy atom. The fourth-order valence-corrected chi connectivity index (χ4v) is 0.325. The van der Waals surface area contributed by atoms with Crippen LogP contribution in [-0.4, -0.2) is 0 Å². The van der Waals surface area contributed by atoms with Gasteiger partial charge in [0, 0.05) is 6.07 Å². The normalized spacial score (nSPS) is 8.00. The molecule has 1 aromatic heterocycles. The van der Waals surface area contributed by atoms with E-state index in [9.17, 15) is 4.79 Å². The molecule has 0 aromatic carbocycles. The van der Waals surface area contributed by atoms with Gasteiger partial charge in [-0.1, -0.05) is 6.07 Å². The van der Waals surface area contributed by atoms with Crippen LogP contribution in [0.15, 0.2) is 33.7 Å². The van der Waals surface area contributed by atoms with Gasteiger partial charge in [0.1, 0.15) is 0 Å². The van der Waals surface area contributed by atoms with Crippen molar-refractivity contribution in [1.82, 2.24) is 0 Å². The van der Waals surface area contributed by atoms with E-state index < -0.39 is 18.5 Å². The molecular weight excluding hydrogens is 319 g/mol. The molecule has 0 N–H and O–H groups in total. The molecule has 0 spiro atoms. The van der Waals surface area contributed by atoms with Gasteiger partial charge in [-0.3, -0.25) is 0 Å². The summed E-state index contributed by atoms with van der Waals surface area (Å²) in [7, 11) is 0. The van der Waals surface area contributed by atoms with Gasteiger partial charge in [-0.25, -0.2) is 4.79 Å². The van der Waals surface area contributed by atoms with Crippen LogP contribution in [0, 0.1) is 0 Å². The molecule has 0 aliphatic heterocycles. The van der Waals surface area contributed by atoms with Crippen molar-refractivity contribution in [3.8, 4) is 0 Å². The number of hydrogen-bond donors (Lipinski definition) is 0. The summed E-state index contributed by atoms with van der Waals surface area (Å²) < 4.78 is 21.3. The molecule has 4 nitrogen and oxygen atoms in total. The van der Waals surface area contributed by atoms with E-state index in [1.807, 2.05) is 0 Å². The molecule has 0 radical (unpaired) electrons. The molecular formula is C5H4O4Pt. The first kappa shape index (κ1) is 9.24. The van der Waals surface area contributed by atoms with Crippen molar-refractivity contribution >= 4 is 0 Å². The molecule has 1 rings (SSSR count). The first-order valence-electron chi connectivity index (χ1n) is 2.19. The van der Waals surface area contributed by atoms with Gasteiger partial charge >= 0.3 is 30.9 Å². The van der Waals surface area contributed by atoms with Crippen LogP contribution in [0.25, 0.3) is 0 Å². The van der Waals surface area contributed by atoms with Gasteiger partial charge in [0.05, 0.1) is 6.26 Å². The van der Waals surface area contributed by atoms with Crippen molar-refractivity contribution in [3.63, 3.8) is 0 Å². The van der Waals surface area contributed by atoms with E-state index in [-0.39, 0.29) is 5.63 Å². The van der Waals surface area contributed by atoms with Crippen LogP contribution in [0.4, 0.5) is 0 Å². The Bertz CT molecular complexity index is 243. The Balaban J connectivity index is 0.000000236. The fourth-order valence-electron chi connectivity index (χ4n) is 0.325. The van der Waals surface area contributed by atoms with Crippen LogP contribution in [-0.2, 0) is 25.3 Å². The summed E-state index contributed by atoms with van der Waals surface area (Å²) in [5.41, 5.74) is -0.303. The van der Waals surface area contributed by atoms with Gasteiger partial charge in [-0.2, -0.15) is 0 Å². The van der Waals surface area contributed by atoms with Gasteiger partial charge < -0.3 is 4.42 Å². The zero-order chi connectivity index (χ0) is 7.82. The number of hydrogen-bond acceptors (Lipinski definition) is 4. The third-order valence-electron chi connectivity index (χ3n) is 0.606. The van der Waals surface area contributed by atoms with Crippen LogP contribution in [0.1, 0.15) is 0 Å². The zero-order valence-electron chi connectivity index (χ0n) is 4.76. The van der Waals surface area contributed by atoms with E-state index in [1.165, 1.54) is 12.3 Å². The molecule has 10 heavy (non-hydrogen) atoms. The summed E-state index contributed by atoms with van der Waals surface area (Å²) in [5, 5.41) is 0. The molecule has 58 valence electrons. The maximum atomic E-state index is 10.1. The van der Waals surface area contributed by atoms with E-state index in [0.717, 1.165) is 0 Å². The summed E-state index contributed by atoms with van der Waals surface area (Å²) in [6, 6.07) is 4.65. The minimum atomic E-state index is -1.92. The van der Waals surface area contributed by atoms with E-state index in [0.29, 0.717) is 0 Å². The molecule has 0 aliphatic carbocycles. The molecule has 0 amide bonds. The van der Waals surface area contributed by atoms with E-state index in [2.05, 4.69) is 4.42 Å². The van der Waals surface area contributed by atoms with Crippen LogP contribution < -0.4 is 5.63 Å². The Labute approximate surface area is 65.0 Å². The number of rotatable bonds is 0. The quantitative estimate of drug-likeness (QED) is 0.693. The summed E-state index contributed by atoms with van der Waals surface area (Å²) in [5.74, 6) is 0. The molecule has 1 heterocycles.